The predicted molar refractivity (Wildman–Crippen MR) is 69.5 cm³/mol. The number of rotatable bonds is 2. The van der Waals surface area contributed by atoms with Gasteiger partial charge >= 0.3 is 0 Å². The average molecular weight is 265 g/mol. The first-order chi connectivity index (χ1) is 8.60. The van der Waals surface area contributed by atoms with Crippen LogP contribution in [0.1, 0.15) is 19.8 Å². The number of hydrogen-bond acceptors (Lipinski definition) is 3. The summed E-state index contributed by atoms with van der Waals surface area (Å²) in [6.45, 7) is 2.05. The van der Waals surface area contributed by atoms with Gasteiger partial charge in [0.2, 0.25) is 5.91 Å². The van der Waals surface area contributed by atoms with Crippen molar-refractivity contribution in [3.8, 4) is 0 Å². The molecular weight excluding hydrogens is 250 g/mol. The molecule has 3 rings (SSSR count). The number of fused-ring (bicyclic) bond motifs is 1. The summed E-state index contributed by atoms with van der Waals surface area (Å²) in [5, 5.41) is 0. The van der Waals surface area contributed by atoms with Gasteiger partial charge < -0.3 is 4.90 Å². The van der Waals surface area contributed by atoms with Crippen molar-refractivity contribution in [1.82, 2.24) is 9.58 Å². The molecule has 0 radical (unpaired) electrons. The van der Waals surface area contributed by atoms with Gasteiger partial charge in [-0.15, -0.1) is 11.8 Å². The Bertz CT molecular complexity index is 488. The number of amides is 2. The topological polar surface area (TPSA) is 54.3 Å². The standard InChI is InChI=1S/C12H15N3O2S/c1-12-5-4-10(16)15(12)9(8-18-12)11(17)13-14-6-2-3-7-14/h2-3,6-7,9H,4-5,8H2,1H3,(H,13,17)/t9-,12+/m1/s1. The van der Waals surface area contributed by atoms with Crippen molar-refractivity contribution in [3.05, 3.63) is 24.5 Å². The molecule has 2 aliphatic heterocycles. The first-order valence-corrected chi connectivity index (χ1v) is 6.99. The third-order valence-corrected chi connectivity index (χ3v) is 5.10. The van der Waals surface area contributed by atoms with Crippen LogP contribution in [-0.4, -0.2) is 38.1 Å². The van der Waals surface area contributed by atoms with Gasteiger partial charge in [-0.2, -0.15) is 0 Å². The minimum absolute atomic E-state index is 0.0927. The Morgan fingerprint density at radius 3 is 2.94 bits per heavy atom. The second kappa shape index (κ2) is 4.05. The second-order valence-electron chi connectivity index (χ2n) is 4.83. The fourth-order valence-electron chi connectivity index (χ4n) is 2.63. The predicted octanol–water partition coefficient (Wildman–Crippen LogP) is 1.01. The van der Waals surface area contributed by atoms with E-state index in [1.807, 2.05) is 19.1 Å². The summed E-state index contributed by atoms with van der Waals surface area (Å²) >= 11 is 1.70. The second-order valence-corrected chi connectivity index (χ2v) is 6.33. The smallest absolute Gasteiger partial charge is 0.262 e. The molecule has 0 aliphatic carbocycles. The van der Waals surface area contributed by atoms with Crippen LogP contribution in [-0.2, 0) is 9.59 Å². The van der Waals surface area contributed by atoms with E-state index in [-0.39, 0.29) is 22.7 Å². The molecule has 0 aromatic carbocycles. The van der Waals surface area contributed by atoms with Crippen LogP contribution in [0.3, 0.4) is 0 Å². The lowest BCUT2D eigenvalue weighted by Gasteiger charge is -2.29. The first kappa shape index (κ1) is 11.6. The summed E-state index contributed by atoms with van der Waals surface area (Å²) in [7, 11) is 0. The lowest BCUT2D eigenvalue weighted by atomic mass is 10.2. The van der Waals surface area contributed by atoms with E-state index in [1.165, 1.54) is 0 Å². The first-order valence-electron chi connectivity index (χ1n) is 6.00. The van der Waals surface area contributed by atoms with Gasteiger partial charge in [0.25, 0.3) is 5.91 Å². The van der Waals surface area contributed by atoms with Gasteiger partial charge in [-0.1, -0.05) is 0 Å². The van der Waals surface area contributed by atoms with E-state index in [4.69, 9.17) is 0 Å². The lowest BCUT2D eigenvalue weighted by Crippen LogP contribution is -2.49. The number of aromatic nitrogens is 1. The van der Waals surface area contributed by atoms with Gasteiger partial charge in [0.1, 0.15) is 6.04 Å². The van der Waals surface area contributed by atoms with Crippen molar-refractivity contribution in [2.24, 2.45) is 0 Å². The van der Waals surface area contributed by atoms with Crippen LogP contribution in [0.4, 0.5) is 0 Å². The highest BCUT2D eigenvalue weighted by molar-refractivity contribution is 8.01. The van der Waals surface area contributed by atoms with Gasteiger partial charge in [-0.05, 0) is 25.5 Å². The van der Waals surface area contributed by atoms with Crippen LogP contribution < -0.4 is 5.43 Å². The minimum atomic E-state index is -0.350. The third kappa shape index (κ3) is 1.71. The molecule has 1 aromatic heterocycles. The number of carbonyl (C=O) groups excluding carboxylic acids is 2. The van der Waals surface area contributed by atoms with Crippen LogP contribution in [0.15, 0.2) is 24.5 Å². The zero-order valence-corrected chi connectivity index (χ0v) is 10.9. The molecule has 2 amide bonds. The summed E-state index contributed by atoms with van der Waals surface area (Å²) in [4.78, 5) is 25.7. The molecule has 0 spiro atoms. The van der Waals surface area contributed by atoms with Crippen LogP contribution in [0.5, 0.6) is 0 Å². The van der Waals surface area contributed by atoms with Crippen molar-refractivity contribution in [3.63, 3.8) is 0 Å². The van der Waals surface area contributed by atoms with Gasteiger partial charge in [0, 0.05) is 24.6 Å². The van der Waals surface area contributed by atoms with E-state index in [9.17, 15) is 9.59 Å². The molecule has 5 nitrogen and oxygen atoms in total. The molecule has 0 saturated carbocycles. The van der Waals surface area contributed by atoms with Crippen molar-refractivity contribution in [1.29, 1.82) is 0 Å². The van der Waals surface area contributed by atoms with Crippen LogP contribution in [0.25, 0.3) is 0 Å². The number of nitrogens with one attached hydrogen (secondary N) is 1. The van der Waals surface area contributed by atoms with Crippen molar-refractivity contribution in [2.45, 2.75) is 30.7 Å². The van der Waals surface area contributed by atoms with Gasteiger partial charge in [-0.3, -0.25) is 19.7 Å². The number of hydrogen-bond donors (Lipinski definition) is 1. The molecule has 0 bridgehead atoms. The van der Waals surface area contributed by atoms with Gasteiger partial charge in [0.15, 0.2) is 0 Å². The van der Waals surface area contributed by atoms with Crippen LogP contribution >= 0.6 is 11.8 Å². The molecule has 18 heavy (non-hydrogen) atoms. The Labute approximate surface area is 109 Å². The third-order valence-electron chi connectivity index (χ3n) is 3.59. The molecule has 2 saturated heterocycles. The van der Waals surface area contributed by atoms with Crippen LogP contribution in [0.2, 0.25) is 0 Å². The molecule has 3 heterocycles. The summed E-state index contributed by atoms with van der Waals surface area (Å²) in [6, 6.07) is 3.33. The summed E-state index contributed by atoms with van der Waals surface area (Å²) < 4.78 is 1.61. The molecule has 2 atom stereocenters. The SMILES string of the molecule is C[C@]12CCC(=O)N1[C@@H](C(=O)Nn1cccc1)CS2. The van der Waals surface area contributed by atoms with Gasteiger partial charge in [0.05, 0.1) is 4.87 Å². The van der Waals surface area contributed by atoms with Crippen LogP contribution in [0, 0.1) is 0 Å². The zero-order chi connectivity index (χ0) is 12.8. The van der Waals surface area contributed by atoms with Crippen molar-refractivity contribution < 1.29 is 9.59 Å². The monoisotopic (exact) mass is 265 g/mol. The number of thioether (sulfide) groups is 1. The summed E-state index contributed by atoms with van der Waals surface area (Å²) in [6.07, 6.45) is 4.93. The molecule has 1 N–H and O–H groups in total. The maximum atomic E-state index is 12.2. The normalized spacial score (nSPS) is 30.6. The highest BCUT2D eigenvalue weighted by Gasteiger charge is 2.52. The summed E-state index contributed by atoms with van der Waals surface area (Å²) in [5.41, 5.74) is 2.78. The van der Waals surface area contributed by atoms with E-state index >= 15 is 0 Å². The van der Waals surface area contributed by atoms with E-state index in [0.29, 0.717) is 12.2 Å². The van der Waals surface area contributed by atoms with Crippen molar-refractivity contribution >= 4 is 23.6 Å². The maximum Gasteiger partial charge on any atom is 0.262 e. The molecule has 1 aromatic rings. The number of carbonyl (C=O) groups is 2. The molecule has 2 fully saturated rings. The molecule has 0 unspecified atom stereocenters. The minimum Gasteiger partial charge on any atom is -0.315 e. The molecular formula is C12H15N3O2S. The quantitative estimate of drug-likeness (QED) is 0.868. The maximum absolute atomic E-state index is 12.2. The van der Waals surface area contributed by atoms with E-state index in [0.717, 1.165) is 6.42 Å². The van der Waals surface area contributed by atoms with E-state index < -0.39 is 0 Å². The highest BCUT2D eigenvalue weighted by Crippen LogP contribution is 2.47. The Kier molecular flexibility index (Phi) is 2.62. The fourth-order valence-corrected chi connectivity index (χ4v) is 4.06. The van der Waals surface area contributed by atoms with E-state index in [1.54, 1.807) is 33.7 Å². The largest absolute Gasteiger partial charge is 0.315 e. The fraction of sp³-hybridized carbons (Fsp3) is 0.500. The Balaban J connectivity index is 1.77. The molecule has 2 aliphatic rings. The average Bonchev–Trinajstić information content (AvgIpc) is 2.99. The Hall–Kier alpha value is -1.43. The summed E-state index contributed by atoms with van der Waals surface area (Å²) in [5.74, 6) is 0.655. The van der Waals surface area contributed by atoms with E-state index in [2.05, 4.69) is 5.43 Å². The highest BCUT2D eigenvalue weighted by atomic mass is 32.2. The van der Waals surface area contributed by atoms with Gasteiger partial charge in [-0.25, -0.2) is 0 Å². The molecule has 6 heteroatoms. The molecule has 96 valence electrons. The Morgan fingerprint density at radius 1 is 1.50 bits per heavy atom. The zero-order valence-electron chi connectivity index (χ0n) is 10.1. The number of nitrogens with zero attached hydrogens (tertiary/aromatic N) is 2. The Morgan fingerprint density at radius 2 is 2.22 bits per heavy atom. The lowest BCUT2D eigenvalue weighted by molar-refractivity contribution is -0.136. The van der Waals surface area contributed by atoms with Crippen molar-refractivity contribution in [2.75, 3.05) is 11.2 Å².